The molecule has 0 radical (unpaired) electrons. The zero-order valence-corrected chi connectivity index (χ0v) is 22.4. The van der Waals surface area contributed by atoms with Crippen LogP contribution in [-0.4, -0.2) is 25.0 Å². The summed E-state index contributed by atoms with van der Waals surface area (Å²) in [6.45, 7) is 2.30. The van der Waals surface area contributed by atoms with Gasteiger partial charge in [0.15, 0.2) is 0 Å². The van der Waals surface area contributed by atoms with Crippen molar-refractivity contribution in [1.29, 1.82) is 0 Å². The molecule has 1 atom stereocenters. The lowest BCUT2D eigenvalue weighted by molar-refractivity contribution is 0.253. The van der Waals surface area contributed by atoms with Gasteiger partial charge in [-0.1, -0.05) is 114 Å². The number of rotatable bonds is 20. The zero-order valence-electron chi connectivity index (χ0n) is 22.4. The average Bonchev–Trinajstić information content (AvgIpc) is 2.85. The monoisotopic (exact) mass is 465 g/mol. The molecule has 190 valence electrons. The minimum Gasteiger partial charge on any atom is -0.457 e. The first kappa shape index (κ1) is 28.4. The summed E-state index contributed by atoms with van der Waals surface area (Å²) in [5, 5.41) is 0. The standard InChI is InChI=1S/C32H51NO/c1-4-5-6-7-8-9-10-11-12-13-14-16-21-30(33(2)3)22-19-20-29-25-27-32(28-26-29)34-31-23-17-15-18-24-31/h15,17-18,23-28,30H,4-14,16,19-22H2,1-3H3. The fraction of sp³-hybridized carbons (Fsp3) is 0.625. The Morgan fingerprint density at radius 1 is 0.588 bits per heavy atom. The third-order valence-electron chi connectivity index (χ3n) is 7.03. The number of hydrogen-bond donors (Lipinski definition) is 0. The number of unbranched alkanes of at least 4 members (excludes halogenated alkanes) is 11. The molecular weight excluding hydrogens is 414 g/mol. The van der Waals surface area contributed by atoms with Gasteiger partial charge in [0.05, 0.1) is 0 Å². The van der Waals surface area contributed by atoms with Crippen molar-refractivity contribution in [1.82, 2.24) is 4.90 Å². The molecule has 34 heavy (non-hydrogen) atoms. The number of hydrogen-bond acceptors (Lipinski definition) is 2. The second-order valence-corrected chi connectivity index (χ2v) is 10.2. The topological polar surface area (TPSA) is 12.5 Å². The van der Waals surface area contributed by atoms with Gasteiger partial charge in [0.1, 0.15) is 11.5 Å². The molecule has 0 aromatic heterocycles. The van der Waals surface area contributed by atoms with Crippen LogP contribution in [0.25, 0.3) is 0 Å². The van der Waals surface area contributed by atoms with Crippen molar-refractivity contribution < 1.29 is 4.74 Å². The molecule has 2 aromatic carbocycles. The molecule has 0 aliphatic heterocycles. The summed E-state index contributed by atoms with van der Waals surface area (Å²) in [7, 11) is 4.50. The predicted molar refractivity (Wildman–Crippen MR) is 149 cm³/mol. The Kier molecular flexibility index (Phi) is 15.5. The van der Waals surface area contributed by atoms with Crippen LogP contribution in [0.4, 0.5) is 0 Å². The van der Waals surface area contributed by atoms with Gasteiger partial charge >= 0.3 is 0 Å². The van der Waals surface area contributed by atoms with E-state index in [-0.39, 0.29) is 0 Å². The van der Waals surface area contributed by atoms with E-state index in [1.54, 1.807) is 0 Å². The normalized spacial score (nSPS) is 12.2. The minimum absolute atomic E-state index is 0.712. The van der Waals surface area contributed by atoms with Gasteiger partial charge in [0.25, 0.3) is 0 Å². The highest BCUT2D eigenvalue weighted by Gasteiger charge is 2.11. The summed E-state index contributed by atoms with van der Waals surface area (Å²) in [4.78, 5) is 2.44. The molecule has 1 unspecified atom stereocenters. The van der Waals surface area contributed by atoms with Gasteiger partial charge in [-0.25, -0.2) is 0 Å². The van der Waals surface area contributed by atoms with Crippen LogP contribution >= 0.6 is 0 Å². The molecule has 2 aromatic rings. The van der Waals surface area contributed by atoms with Crippen molar-refractivity contribution in [3.05, 3.63) is 60.2 Å². The fourth-order valence-electron chi connectivity index (χ4n) is 4.77. The van der Waals surface area contributed by atoms with E-state index in [9.17, 15) is 0 Å². The molecular formula is C32H51NO. The van der Waals surface area contributed by atoms with Crippen LogP contribution in [0.5, 0.6) is 11.5 Å². The number of ether oxygens (including phenoxy) is 1. The first-order chi connectivity index (χ1) is 16.7. The van der Waals surface area contributed by atoms with Crippen molar-refractivity contribution in [3.8, 4) is 11.5 Å². The quantitative estimate of drug-likeness (QED) is 0.180. The summed E-state index contributed by atoms with van der Waals surface area (Å²) in [5.41, 5.74) is 1.41. The van der Waals surface area contributed by atoms with Gasteiger partial charge < -0.3 is 9.64 Å². The second kappa shape index (κ2) is 18.5. The van der Waals surface area contributed by atoms with Crippen molar-refractivity contribution in [3.63, 3.8) is 0 Å². The lowest BCUT2D eigenvalue weighted by Gasteiger charge is -2.24. The second-order valence-electron chi connectivity index (χ2n) is 10.2. The first-order valence-electron chi connectivity index (χ1n) is 14.2. The SMILES string of the molecule is CCCCCCCCCCCCCCC(CCCc1ccc(Oc2ccccc2)cc1)N(C)C. The molecule has 0 aliphatic rings. The van der Waals surface area contributed by atoms with E-state index in [2.05, 4.69) is 50.2 Å². The van der Waals surface area contributed by atoms with E-state index in [0.29, 0.717) is 6.04 Å². The van der Waals surface area contributed by atoms with Crippen molar-refractivity contribution >= 4 is 0 Å². The van der Waals surface area contributed by atoms with Crippen LogP contribution in [-0.2, 0) is 6.42 Å². The van der Waals surface area contributed by atoms with Crippen LogP contribution in [0.3, 0.4) is 0 Å². The number of nitrogens with zero attached hydrogens (tertiary/aromatic N) is 1. The molecule has 2 heteroatoms. The molecule has 2 rings (SSSR count). The first-order valence-corrected chi connectivity index (χ1v) is 14.2. The maximum atomic E-state index is 5.91. The van der Waals surface area contributed by atoms with Crippen LogP contribution in [0.1, 0.15) is 109 Å². The third kappa shape index (κ3) is 13.2. The molecule has 0 saturated heterocycles. The average molecular weight is 466 g/mol. The molecule has 0 aliphatic carbocycles. The lowest BCUT2D eigenvalue weighted by atomic mass is 9.98. The Hall–Kier alpha value is -1.80. The Labute approximate surface area is 211 Å². The molecule has 0 spiro atoms. The van der Waals surface area contributed by atoms with E-state index in [1.807, 2.05) is 30.3 Å². The molecule has 0 amide bonds. The van der Waals surface area contributed by atoms with Crippen molar-refractivity contribution in [2.45, 2.75) is 116 Å². The van der Waals surface area contributed by atoms with Crippen LogP contribution in [0.2, 0.25) is 0 Å². The van der Waals surface area contributed by atoms with Gasteiger partial charge in [0.2, 0.25) is 0 Å². The number of aryl methyl sites for hydroxylation is 1. The Bertz CT molecular complexity index is 710. The lowest BCUT2D eigenvalue weighted by Crippen LogP contribution is -2.27. The Morgan fingerprint density at radius 3 is 1.65 bits per heavy atom. The van der Waals surface area contributed by atoms with E-state index in [4.69, 9.17) is 4.74 Å². The van der Waals surface area contributed by atoms with E-state index in [1.165, 1.54) is 102 Å². The molecule has 0 saturated carbocycles. The fourth-order valence-corrected chi connectivity index (χ4v) is 4.77. The summed E-state index contributed by atoms with van der Waals surface area (Å²) in [5.74, 6) is 1.80. The largest absolute Gasteiger partial charge is 0.457 e. The van der Waals surface area contributed by atoms with Gasteiger partial charge in [0, 0.05) is 6.04 Å². The van der Waals surface area contributed by atoms with Crippen molar-refractivity contribution in [2.24, 2.45) is 0 Å². The van der Waals surface area contributed by atoms with E-state index < -0.39 is 0 Å². The van der Waals surface area contributed by atoms with Crippen LogP contribution < -0.4 is 4.74 Å². The van der Waals surface area contributed by atoms with Gasteiger partial charge in [-0.2, -0.15) is 0 Å². The third-order valence-corrected chi connectivity index (χ3v) is 7.03. The highest BCUT2D eigenvalue weighted by atomic mass is 16.5. The highest BCUT2D eigenvalue weighted by molar-refractivity contribution is 5.32. The maximum absolute atomic E-state index is 5.91. The molecule has 0 heterocycles. The molecule has 0 bridgehead atoms. The molecule has 0 N–H and O–H groups in total. The smallest absolute Gasteiger partial charge is 0.127 e. The van der Waals surface area contributed by atoms with Crippen molar-refractivity contribution in [2.75, 3.05) is 14.1 Å². The van der Waals surface area contributed by atoms with Gasteiger partial charge in [-0.15, -0.1) is 0 Å². The van der Waals surface area contributed by atoms with Crippen LogP contribution in [0.15, 0.2) is 54.6 Å². The van der Waals surface area contributed by atoms with E-state index in [0.717, 1.165) is 17.9 Å². The molecule has 2 nitrogen and oxygen atoms in total. The summed E-state index contributed by atoms with van der Waals surface area (Å²) >= 11 is 0. The number of para-hydroxylation sites is 1. The summed E-state index contributed by atoms with van der Waals surface area (Å²) in [6, 6.07) is 19.3. The number of benzene rings is 2. The maximum Gasteiger partial charge on any atom is 0.127 e. The summed E-state index contributed by atoms with van der Waals surface area (Å²) < 4.78 is 5.91. The van der Waals surface area contributed by atoms with Gasteiger partial charge in [-0.05, 0) is 69.6 Å². The Balaban J connectivity index is 1.52. The van der Waals surface area contributed by atoms with E-state index >= 15 is 0 Å². The molecule has 0 fully saturated rings. The highest BCUT2D eigenvalue weighted by Crippen LogP contribution is 2.22. The summed E-state index contributed by atoms with van der Waals surface area (Å²) in [6.07, 6.45) is 22.1. The zero-order chi connectivity index (χ0) is 24.3. The Morgan fingerprint density at radius 2 is 1.09 bits per heavy atom. The predicted octanol–water partition coefficient (Wildman–Crippen LogP) is 9.82. The van der Waals surface area contributed by atoms with Crippen LogP contribution in [0, 0.1) is 0 Å². The minimum atomic E-state index is 0.712. The van der Waals surface area contributed by atoms with Gasteiger partial charge in [-0.3, -0.25) is 0 Å².